The fourth-order valence-electron chi connectivity index (χ4n) is 3.37. The normalized spacial score (nSPS) is 13.6. The minimum Gasteiger partial charge on any atom is -0.369 e. The fraction of sp³-hybridized carbons (Fsp3) is 0.250. The smallest absolute Gasteiger partial charge is 0.369 e. The van der Waals surface area contributed by atoms with Crippen molar-refractivity contribution < 1.29 is 13.2 Å². The average molecular weight is 357 g/mol. The van der Waals surface area contributed by atoms with Gasteiger partial charge in [-0.25, -0.2) is 4.68 Å². The van der Waals surface area contributed by atoms with Gasteiger partial charge in [0.2, 0.25) is 0 Å². The molecule has 4 rings (SSSR count). The van der Waals surface area contributed by atoms with Crippen molar-refractivity contribution in [1.82, 2.24) is 9.78 Å². The first-order valence-electron chi connectivity index (χ1n) is 8.45. The van der Waals surface area contributed by atoms with Crippen LogP contribution < -0.4 is 5.32 Å². The van der Waals surface area contributed by atoms with Crippen LogP contribution in [-0.2, 0) is 12.6 Å². The standard InChI is InChI=1S/C20H18F3N3/c1-12-6-7-13(2)17(10-12)26-19-16(8-9-24-19)18(25-26)14-4-3-5-15(11-14)20(21,22)23/h3-7,10-11,24H,8-9H2,1-2H3. The molecule has 1 aliphatic rings. The summed E-state index contributed by atoms with van der Waals surface area (Å²) in [6.07, 6.45) is -3.63. The molecule has 1 N–H and O–H groups in total. The number of benzene rings is 2. The van der Waals surface area contributed by atoms with Crippen molar-refractivity contribution in [2.24, 2.45) is 0 Å². The van der Waals surface area contributed by atoms with Gasteiger partial charge in [-0.3, -0.25) is 0 Å². The van der Waals surface area contributed by atoms with E-state index in [-0.39, 0.29) is 0 Å². The number of hydrogen-bond donors (Lipinski definition) is 1. The predicted molar refractivity (Wildman–Crippen MR) is 95.7 cm³/mol. The van der Waals surface area contributed by atoms with Gasteiger partial charge in [-0.2, -0.15) is 18.3 Å². The maximum atomic E-state index is 13.1. The van der Waals surface area contributed by atoms with Gasteiger partial charge in [-0.05, 0) is 49.6 Å². The highest BCUT2D eigenvalue weighted by atomic mass is 19.4. The summed E-state index contributed by atoms with van der Waals surface area (Å²) < 4.78 is 41.1. The number of halogens is 3. The van der Waals surface area contributed by atoms with E-state index in [0.717, 1.165) is 47.2 Å². The van der Waals surface area contributed by atoms with Gasteiger partial charge in [-0.1, -0.05) is 24.3 Å². The van der Waals surface area contributed by atoms with Crippen LogP contribution in [0.25, 0.3) is 16.9 Å². The summed E-state index contributed by atoms with van der Waals surface area (Å²) in [6.45, 7) is 4.76. The van der Waals surface area contributed by atoms with Crippen LogP contribution in [0.3, 0.4) is 0 Å². The third-order valence-corrected chi connectivity index (χ3v) is 4.71. The van der Waals surface area contributed by atoms with Crippen molar-refractivity contribution in [1.29, 1.82) is 0 Å². The Morgan fingerprint density at radius 3 is 2.65 bits per heavy atom. The molecule has 0 amide bonds. The molecule has 1 aliphatic heterocycles. The van der Waals surface area contributed by atoms with Gasteiger partial charge in [0.05, 0.1) is 16.9 Å². The molecule has 0 spiro atoms. The van der Waals surface area contributed by atoms with E-state index in [0.29, 0.717) is 11.3 Å². The molecule has 1 aromatic heterocycles. The Labute approximate surface area is 149 Å². The lowest BCUT2D eigenvalue weighted by molar-refractivity contribution is -0.137. The van der Waals surface area contributed by atoms with Crippen molar-refractivity contribution in [2.45, 2.75) is 26.4 Å². The maximum absolute atomic E-state index is 13.1. The summed E-state index contributed by atoms with van der Waals surface area (Å²) in [7, 11) is 0. The molecule has 3 nitrogen and oxygen atoms in total. The second-order valence-electron chi connectivity index (χ2n) is 6.63. The topological polar surface area (TPSA) is 29.9 Å². The lowest BCUT2D eigenvalue weighted by Crippen LogP contribution is -2.06. The molecular weight excluding hydrogens is 339 g/mol. The zero-order valence-corrected chi connectivity index (χ0v) is 14.5. The molecule has 3 aromatic rings. The molecule has 6 heteroatoms. The van der Waals surface area contributed by atoms with E-state index in [2.05, 4.69) is 10.4 Å². The number of hydrogen-bond acceptors (Lipinski definition) is 2. The van der Waals surface area contributed by atoms with E-state index in [4.69, 9.17) is 0 Å². The Kier molecular flexibility index (Phi) is 3.79. The highest BCUT2D eigenvalue weighted by Gasteiger charge is 2.31. The predicted octanol–water partition coefficient (Wildman–Crippen LogP) is 5.14. The summed E-state index contributed by atoms with van der Waals surface area (Å²) in [4.78, 5) is 0. The Morgan fingerprint density at radius 2 is 1.88 bits per heavy atom. The Bertz CT molecular complexity index is 986. The highest BCUT2D eigenvalue weighted by Crippen LogP contribution is 2.37. The largest absolute Gasteiger partial charge is 0.416 e. The van der Waals surface area contributed by atoms with Crippen LogP contribution in [0, 0.1) is 13.8 Å². The van der Waals surface area contributed by atoms with E-state index in [9.17, 15) is 13.2 Å². The van der Waals surface area contributed by atoms with Gasteiger partial charge in [0.1, 0.15) is 5.82 Å². The van der Waals surface area contributed by atoms with E-state index in [1.807, 2.05) is 36.7 Å². The first-order valence-corrected chi connectivity index (χ1v) is 8.45. The molecular formula is C20H18F3N3. The van der Waals surface area contributed by atoms with Crippen molar-refractivity contribution in [2.75, 3.05) is 11.9 Å². The van der Waals surface area contributed by atoms with Gasteiger partial charge < -0.3 is 5.32 Å². The van der Waals surface area contributed by atoms with Gasteiger partial charge >= 0.3 is 6.18 Å². The number of fused-ring (bicyclic) bond motifs is 1. The first kappa shape index (κ1) is 16.7. The molecule has 0 radical (unpaired) electrons. The lowest BCUT2D eigenvalue weighted by Gasteiger charge is -2.10. The lowest BCUT2D eigenvalue weighted by atomic mass is 10.0. The molecule has 0 unspecified atom stereocenters. The van der Waals surface area contributed by atoms with Crippen LogP contribution in [0.1, 0.15) is 22.3 Å². The monoisotopic (exact) mass is 357 g/mol. The highest BCUT2D eigenvalue weighted by molar-refractivity contribution is 5.73. The van der Waals surface area contributed by atoms with Crippen molar-refractivity contribution in [3.63, 3.8) is 0 Å². The molecule has 0 aliphatic carbocycles. The third-order valence-electron chi connectivity index (χ3n) is 4.71. The van der Waals surface area contributed by atoms with E-state index < -0.39 is 11.7 Å². The summed E-state index contributed by atoms with van der Waals surface area (Å²) in [5.41, 5.74) is 4.51. The van der Waals surface area contributed by atoms with Crippen LogP contribution in [0.5, 0.6) is 0 Å². The molecule has 134 valence electrons. The van der Waals surface area contributed by atoms with Crippen LogP contribution in [-0.4, -0.2) is 16.3 Å². The zero-order valence-electron chi connectivity index (χ0n) is 14.5. The Morgan fingerprint density at radius 1 is 1.08 bits per heavy atom. The van der Waals surface area contributed by atoms with Crippen LogP contribution in [0.15, 0.2) is 42.5 Å². The number of aryl methyl sites for hydroxylation is 2. The average Bonchev–Trinajstić information content (AvgIpc) is 3.19. The van der Waals surface area contributed by atoms with E-state index >= 15 is 0 Å². The van der Waals surface area contributed by atoms with Gasteiger partial charge in [-0.15, -0.1) is 0 Å². The molecule has 0 fully saturated rings. The summed E-state index contributed by atoms with van der Waals surface area (Å²) in [6, 6.07) is 11.5. The second kappa shape index (κ2) is 5.90. The fourth-order valence-corrected chi connectivity index (χ4v) is 3.37. The van der Waals surface area contributed by atoms with Gasteiger partial charge in [0.25, 0.3) is 0 Å². The maximum Gasteiger partial charge on any atom is 0.416 e. The molecule has 2 heterocycles. The first-order chi connectivity index (χ1) is 12.3. The number of anilines is 1. The van der Waals surface area contributed by atoms with Crippen LogP contribution in [0.2, 0.25) is 0 Å². The second-order valence-corrected chi connectivity index (χ2v) is 6.63. The zero-order chi connectivity index (χ0) is 18.5. The number of nitrogens with one attached hydrogen (secondary N) is 1. The van der Waals surface area contributed by atoms with E-state index in [1.165, 1.54) is 12.1 Å². The summed E-state index contributed by atoms with van der Waals surface area (Å²) >= 11 is 0. The molecule has 0 atom stereocenters. The molecule has 0 saturated carbocycles. The molecule has 2 aromatic carbocycles. The van der Waals surface area contributed by atoms with Gasteiger partial charge in [0.15, 0.2) is 0 Å². The van der Waals surface area contributed by atoms with Gasteiger partial charge in [0, 0.05) is 17.7 Å². The minimum atomic E-state index is -4.37. The molecule has 0 saturated heterocycles. The summed E-state index contributed by atoms with van der Waals surface area (Å²) in [5.74, 6) is 0.867. The Balaban J connectivity index is 1.89. The number of rotatable bonds is 2. The number of nitrogens with zero attached hydrogens (tertiary/aromatic N) is 2. The summed E-state index contributed by atoms with van der Waals surface area (Å²) in [5, 5.41) is 8.01. The van der Waals surface area contributed by atoms with Crippen LogP contribution in [0.4, 0.5) is 19.0 Å². The van der Waals surface area contributed by atoms with Crippen molar-refractivity contribution in [3.8, 4) is 16.9 Å². The molecule has 26 heavy (non-hydrogen) atoms. The quantitative estimate of drug-likeness (QED) is 0.688. The minimum absolute atomic E-state index is 0.490. The Hall–Kier alpha value is -2.76. The van der Waals surface area contributed by atoms with Crippen LogP contribution >= 0.6 is 0 Å². The SMILES string of the molecule is Cc1ccc(C)c(-n2nc(-c3cccc(C(F)(F)F)c3)c3c2NCC3)c1. The number of aromatic nitrogens is 2. The number of alkyl halides is 3. The van der Waals surface area contributed by atoms with E-state index in [1.54, 1.807) is 6.07 Å². The van der Waals surface area contributed by atoms with Crippen molar-refractivity contribution in [3.05, 3.63) is 64.7 Å². The third kappa shape index (κ3) is 2.75. The van der Waals surface area contributed by atoms with Crippen molar-refractivity contribution >= 4 is 5.82 Å². The molecule has 0 bridgehead atoms.